The van der Waals surface area contributed by atoms with E-state index in [1.165, 1.54) is 0 Å². The van der Waals surface area contributed by atoms with E-state index in [2.05, 4.69) is 10.7 Å². The molecule has 0 aromatic heterocycles. The molecule has 0 atom stereocenters. The molecule has 7 heteroatoms. The second kappa shape index (κ2) is 8.07. The molecule has 0 radical (unpaired) electrons. The van der Waals surface area contributed by atoms with Crippen LogP contribution in [0.3, 0.4) is 0 Å². The maximum Gasteiger partial charge on any atom is 0.353 e. The minimum atomic E-state index is -4.19. The van der Waals surface area contributed by atoms with Gasteiger partial charge in [0.05, 0.1) is 0 Å². The zero-order chi connectivity index (χ0) is 14.2. The third-order valence-electron chi connectivity index (χ3n) is 2.07. The summed E-state index contributed by atoms with van der Waals surface area (Å²) < 4.78 is 25.2. The molecule has 0 spiro atoms. The molecule has 0 aliphatic heterocycles. The first-order valence-electron chi connectivity index (χ1n) is 5.31. The Hall–Kier alpha value is -1.11. The predicted octanol–water partition coefficient (Wildman–Crippen LogP) is 2.20. The largest absolute Gasteiger partial charge is 0.353 e. The Kier molecular flexibility index (Phi) is 7.58. The first kappa shape index (κ1) is 16.9. The molecule has 18 heavy (non-hydrogen) atoms. The number of hydrogen-bond acceptors (Lipinski definition) is 3. The Morgan fingerprint density at radius 2 is 1.61 bits per heavy atom. The summed E-state index contributed by atoms with van der Waals surface area (Å²) in [5, 5.41) is 0. The summed E-state index contributed by atoms with van der Waals surface area (Å²) in [5.74, 6) is 0.116. The highest BCUT2D eigenvalue weighted by atomic mass is 35.7. The SMILES string of the molecule is CCN(CC)C(=O)c1ccccc1.O=S(=O)(O)Cl. The lowest BCUT2D eigenvalue weighted by molar-refractivity contribution is 0.0773. The molecule has 5 nitrogen and oxygen atoms in total. The summed E-state index contributed by atoms with van der Waals surface area (Å²) in [6.45, 7) is 5.52. The molecule has 1 aromatic carbocycles. The number of carbonyl (C=O) groups excluding carboxylic acids is 1. The molecular formula is C11H16ClNO4S. The number of carbonyl (C=O) groups is 1. The highest BCUT2D eigenvalue weighted by molar-refractivity contribution is 8.09. The molecule has 0 unspecified atom stereocenters. The van der Waals surface area contributed by atoms with Crippen molar-refractivity contribution in [3.05, 3.63) is 35.9 Å². The molecule has 0 bridgehead atoms. The van der Waals surface area contributed by atoms with Gasteiger partial charge in [-0.05, 0) is 26.0 Å². The fraction of sp³-hybridized carbons (Fsp3) is 0.364. The van der Waals surface area contributed by atoms with Crippen molar-refractivity contribution in [1.82, 2.24) is 4.90 Å². The van der Waals surface area contributed by atoms with Gasteiger partial charge in [-0.3, -0.25) is 9.35 Å². The van der Waals surface area contributed by atoms with E-state index >= 15 is 0 Å². The minimum absolute atomic E-state index is 0.116. The Bertz CT molecular complexity index is 449. The molecule has 0 saturated heterocycles. The van der Waals surface area contributed by atoms with Crippen molar-refractivity contribution in [3.8, 4) is 0 Å². The van der Waals surface area contributed by atoms with Crippen LogP contribution in [0.4, 0.5) is 0 Å². The van der Waals surface area contributed by atoms with E-state index in [0.29, 0.717) is 0 Å². The number of hydrogen-bond donors (Lipinski definition) is 1. The van der Waals surface area contributed by atoms with Crippen LogP contribution < -0.4 is 0 Å². The summed E-state index contributed by atoms with van der Waals surface area (Å²) in [6.07, 6.45) is 0. The van der Waals surface area contributed by atoms with Gasteiger partial charge in [-0.2, -0.15) is 8.42 Å². The maximum atomic E-state index is 11.7. The number of amides is 1. The number of benzene rings is 1. The monoisotopic (exact) mass is 293 g/mol. The lowest BCUT2D eigenvalue weighted by Gasteiger charge is -2.18. The van der Waals surface area contributed by atoms with Gasteiger partial charge in [0.2, 0.25) is 0 Å². The Labute approximate surface area is 112 Å². The van der Waals surface area contributed by atoms with Crippen molar-refractivity contribution in [1.29, 1.82) is 0 Å². The zero-order valence-corrected chi connectivity index (χ0v) is 11.8. The third-order valence-corrected chi connectivity index (χ3v) is 2.07. The van der Waals surface area contributed by atoms with Crippen molar-refractivity contribution in [2.24, 2.45) is 0 Å². The van der Waals surface area contributed by atoms with Gasteiger partial charge >= 0.3 is 9.33 Å². The molecule has 1 amide bonds. The van der Waals surface area contributed by atoms with Crippen molar-refractivity contribution in [2.75, 3.05) is 13.1 Å². The topological polar surface area (TPSA) is 74.7 Å². The summed E-state index contributed by atoms with van der Waals surface area (Å²) >= 11 is 0. The Morgan fingerprint density at radius 3 is 1.94 bits per heavy atom. The highest BCUT2D eigenvalue weighted by Gasteiger charge is 2.10. The predicted molar refractivity (Wildman–Crippen MR) is 71.1 cm³/mol. The second-order valence-electron chi connectivity index (χ2n) is 3.26. The minimum Gasteiger partial charge on any atom is -0.339 e. The van der Waals surface area contributed by atoms with E-state index in [-0.39, 0.29) is 5.91 Å². The van der Waals surface area contributed by atoms with E-state index in [0.717, 1.165) is 18.7 Å². The highest BCUT2D eigenvalue weighted by Crippen LogP contribution is 2.03. The second-order valence-corrected chi connectivity index (χ2v) is 5.25. The molecule has 0 heterocycles. The fourth-order valence-corrected chi connectivity index (χ4v) is 1.27. The van der Waals surface area contributed by atoms with E-state index in [9.17, 15) is 4.79 Å². The quantitative estimate of drug-likeness (QED) is 0.685. The first-order valence-corrected chi connectivity index (χ1v) is 7.57. The van der Waals surface area contributed by atoms with E-state index in [4.69, 9.17) is 13.0 Å². The lowest BCUT2D eigenvalue weighted by atomic mass is 10.2. The molecule has 1 aromatic rings. The molecule has 1 N–H and O–H groups in total. The van der Waals surface area contributed by atoms with Gasteiger partial charge < -0.3 is 4.90 Å². The van der Waals surface area contributed by atoms with E-state index in [1.807, 2.05) is 49.1 Å². The number of halogens is 1. The van der Waals surface area contributed by atoms with Crippen molar-refractivity contribution in [2.45, 2.75) is 13.8 Å². The summed E-state index contributed by atoms with van der Waals surface area (Å²) in [7, 11) is -0.137. The Morgan fingerprint density at radius 1 is 1.22 bits per heavy atom. The zero-order valence-electron chi connectivity index (χ0n) is 10.2. The normalized spacial score (nSPS) is 10.2. The smallest absolute Gasteiger partial charge is 0.339 e. The van der Waals surface area contributed by atoms with Gasteiger partial charge in [-0.15, -0.1) is 0 Å². The van der Waals surface area contributed by atoms with Crippen LogP contribution in [0.1, 0.15) is 24.2 Å². The van der Waals surface area contributed by atoms with Crippen LogP contribution in [0, 0.1) is 0 Å². The van der Waals surface area contributed by atoms with Crippen LogP contribution >= 0.6 is 10.7 Å². The summed E-state index contributed by atoms with van der Waals surface area (Å²) in [5.41, 5.74) is 0.770. The van der Waals surface area contributed by atoms with Gasteiger partial charge in [0.25, 0.3) is 5.91 Å². The van der Waals surface area contributed by atoms with Gasteiger partial charge in [0.15, 0.2) is 0 Å². The van der Waals surface area contributed by atoms with Crippen molar-refractivity contribution >= 4 is 25.9 Å². The molecule has 102 valence electrons. The van der Waals surface area contributed by atoms with Crippen LogP contribution in [0.15, 0.2) is 30.3 Å². The first-order chi connectivity index (χ1) is 8.29. The molecular weight excluding hydrogens is 278 g/mol. The van der Waals surface area contributed by atoms with Crippen molar-refractivity contribution in [3.63, 3.8) is 0 Å². The average molecular weight is 294 g/mol. The van der Waals surface area contributed by atoms with E-state index in [1.54, 1.807) is 0 Å². The molecule has 0 saturated carbocycles. The Balaban J connectivity index is 0.000000494. The standard InChI is InChI=1S/C11H15NO.ClHO3S/c1-3-12(4-2)11(13)10-8-6-5-7-9-10;1-5(2,3)4/h5-9H,3-4H2,1-2H3;(H,2,3,4). The fourth-order valence-electron chi connectivity index (χ4n) is 1.27. The summed E-state index contributed by atoms with van der Waals surface area (Å²) in [6, 6.07) is 9.38. The molecule has 0 fully saturated rings. The van der Waals surface area contributed by atoms with Crippen LogP contribution in [0.25, 0.3) is 0 Å². The van der Waals surface area contributed by atoms with Crippen LogP contribution in [0.2, 0.25) is 0 Å². The van der Waals surface area contributed by atoms with Crippen LogP contribution in [-0.4, -0.2) is 36.9 Å². The maximum absolute atomic E-state index is 11.7. The molecule has 0 aliphatic carbocycles. The number of nitrogens with zero attached hydrogens (tertiary/aromatic N) is 1. The third kappa shape index (κ3) is 8.05. The summed E-state index contributed by atoms with van der Waals surface area (Å²) in [4.78, 5) is 13.5. The van der Waals surface area contributed by atoms with Crippen LogP contribution in [0.5, 0.6) is 0 Å². The average Bonchev–Trinajstić information content (AvgIpc) is 2.29. The van der Waals surface area contributed by atoms with Gasteiger partial charge in [-0.1, -0.05) is 18.2 Å². The van der Waals surface area contributed by atoms with E-state index < -0.39 is 9.33 Å². The molecule has 1 rings (SSSR count). The van der Waals surface area contributed by atoms with Gasteiger partial charge in [-0.25, -0.2) is 0 Å². The van der Waals surface area contributed by atoms with Gasteiger partial charge in [0.1, 0.15) is 0 Å². The van der Waals surface area contributed by atoms with Crippen LogP contribution in [-0.2, 0) is 9.33 Å². The lowest BCUT2D eigenvalue weighted by Crippen LogP contribution is -2.30. The van der Waals surface area contributed by atoms with Gasteiger partial charge in [0, 0.05) is 29.3 Å². The molecule has 0 aliphatic rings. The number of rotatable bonds is 3. The van der Waals surface area contributed by atoms with Crippen molar-refractivity contribution < 1.29 is 17.8 Å².